The molecular formula is C11H13Cl2FN2O. The molecule has 1 rings (SSSR count). The normalized spacial score (nSPS) is 11.2. The van der Waals surface area contributed by atoms with Crippen molar-refractivity contribution in [1.29, 1.82) is 5.26 Å². The Hall–Kier alpha value is -1.02. The molecule has 0 saturated carbocycles. The topological polar surface area (TPSA) is 59.0 Å². The summed E-state index contributed by atoms with van der Waals surface area (Å²) < 4.78 is 18.6. The van der Waals surface area contributed by atoms with E-state index in [0.29, 0.717) is 12.2 Å². The Bertz CT molecular complexity index is 397. The van der Waals surface area contributed by atoms with E-state index < -0.39 is 11.9 Å². The zero-order valence-electron chi connectivity index (χ0n) is 9.24. The van der Waals surface area contributed by atoms with Gasteiger partial charge in [-0.1, -0.05) is 11.6 Å². The van der Waals surface area contributed by atoms with Crippen LogP contribution in [0.2, 0.25) is 5.02 Å². The van der Waals surface area contributed by atoms with E-state index in [1.807, 2.05) is 6.07 Å². The Kier molecular flexibility index (Phi) is 6.89. The van der Waals surface area contributed by atoms with Crippen LogP contribution in [0.1, 0.15) is 24.9 Å². The van der Waals surface area contributed by atoms with E-state index >= 15 is 0 Å². The van der Waals surface area contributed by atoms with Crippen LogP contribution < -0.4 is 10.5 Å². The zero-order chi connectivity index (χ0) is 12.1. The highest BCUT2D eigenvalue weighted by molar-refractivity contribution is 6.32. The van der Waals surface area contributed by atoms with Crippen LogP contribution in [0.25, 0.3) is 0 Å². The molecule has 0 bridgehead atoms. The van der Waals surface area contributed by atoms with Crippen LogP contribution in [0.5, 0.6) is 5.75 Å². The van der Waals surface area contributed by atoms with Gasteiger partial charge in [-0.25, -0.2) is 4.39 Å². The lowest BCUT2D eigenvalue weighted by Gasteiger charge is -2.12. The van der Waals surface area contributed by atoms with E-state index in [9.17, 15) is 4.39 Å². The van der Waals surface area contributed by atoms with Crippen molar-refractivity contribution in [3.63, 3.8) is 0 Å². The molecule has 0 amide bonds. The summed E-state index contributed by atoms with van der Waals surface area (Å²) in [6.07, 6.45) is 0.115. The van der Waals surface area contributed by atoms with Gasteiger partial charge in [0.25, 0.3) is 0 Å². The number of benzene rings is 1. The van der Waals surface area contributed by atoms with Crippen LogP contribution in [0.15, 0.2) is 12.1 Å². The lowest BCUT2D eigenvalue weighted by molar-refractivity contribution is 0.321. The molecule has 94 valence electrons. The standard InChI is InChI=1S/C11H12ClFN2O.ClH/c1-2-16-11-8(12)5-7(6-9(11)13)10(15)3-4-14;/h5-6,10H,2-3,15H2,1H3;1H/t10-;/m0./s1. The predicted molar refractivity (Wildman–Crippen MR) is 67.0 cm³/mol. The number of nitrogens with zero attached hydrogens (tertiary/aromatic N) is 1. The Balaban J connectivity index is 0.00000256. The fourth-order valence-corrected chi connectivity index (χ4v) is 1.56. The lowest BCUT2D eigenvalue weighted by Crippen LogP contribution is -2.10. The van der Waals surface area contributed by atoms with E-state index in [0.717, 1.165) is 0 Å². The summed E-state index contributed by atoms with van der Waals surface area (Å²) in [5.41, 5.74) is 6.17. The molecule has 0 radical (unpaired) electrons. The summed E-state index contributed by atoms with van der Waals surface area (Å²) in [7, 11) is 0. The van der Waals surface area contributed by atoms with Gasteiger partial charge < -0.3 is 10.5 Å². The molecular weight excluding hydrogens is 266 g/mol. The third-order valence-electron chi connectivity index (χ3n) is 2.05. The van der Waals surface area contributed by atoms with Gasteiger partial charge in [-0.2, -0.15) is 5.26 Å². The Morgan fingerprint density at radius 3 is 2.71 bits per heavy atom. The summed E-state index contributed by atoms with van der Waals surface area (Å²) in [4.78, 5) is 0. The smallest absolute Gasteiger partial charge is 0.173 e. The van der Waals surface area contributed by atoms with Crippen LogP contribution in [-0.4, -0.2) is 6.61 Å². The molecule has 1 aromatic rings. The van der Waals surface area contributed by atoms with E-state index in [1.165, 1.54) is 12.1 Å². The van der Waals surface area contributed by atoms with Crippen molar-refractivity contribution >= 4 is 24.0 Å². The highest BCUT2D eigenvalue weighted by Gasteiger charge is 2.14. The number of halogens is 3. The van der Waals surface area contributed by atoms with Gasteiger partial charge in [0.2, 0.25) is 0 Å². The molecule has 3 nitrogen and oxygen atoms in total. The third-order valence-corrected chi connectivity index (χ3v) is 2.33. The molecule has 0 unspecified atom stereocenters. The van der Waals surface area contributed by atoms with Crippen molar-refractivity contribution in [3.8, 4) is 11.8 Å². The molecule has 0 heterocycles. The van der Waals surface area contributed by atoms with Crippen LogP contribution >= 0.6 is 24.0 Å². The van der Waals surface area contributed by atoms with Crippen molar-refractivity contribution in [3.05, 3.63) is 28.5 Å². The highest BCUT2D eigenvalue weighted by atomic mass is 35.5. The molecule has 1 aromatic carbocycles. The van der Waals surface area contributed by atoms with Crippen molar-refractivity contribution < 1.29 is 9.13 Å². The molecule has 17 heavy (non-hydrogen) atoms. The molecule has 0 saturated heterocycles. The second-order valence-corrected chi connectivity index (χ2v) is 3.62. The Morgan fingerprint density at radius 1 is 1.59 bits per heavy atom. The van der Waals surface area contributed by atoms with Gasteiger partial charge in [-0.3, -0.25) is 0 Å². The van der Waals surface area contributed by atoms with Gasteiger partial charge in [0, 0.05) is 6.04 Å². The molecule has 6 heteroatoms. The largest absolute Gasteiger partial charge is 0.489 e. The fraction of sp³-hybridized carbons (Fsp3) is 0.364. The quantitative estimate of drug-likeness (QED) is 0.920. The van der Waals surface area contributed by atoms with E-state index in [-0.39, 0.29) is 29.6 Å². The average molecular weight is 279 g/mol. The number of hydrogen-bond donors (Lipinski definition) is 1. The number of ether oxygens (including phenoxy) is 1. The van der Waals surface area contributed by atoms with Crippen molar-refractivity contribution in [2.75, 3.05) is 6.61 Å². The molecule has 0 aromatic heterocycles. The molecule has 0 spiro atoms. The van der Waals surface area contributed by atoms with Gasteiger partial charge in [0.1, 0.15) is 0 Å². The minimum Gasteiger partial charge on any atom is -0.489 e. The second-order valence-electron chi connectivity index (χ2n) is 3.22. The van der Waals surface area contributed by atoms with Crippen molar-refractivity contribution in [2.24, 2.45) is 5.73 Å². The van der Waals surface area contributed by atoms with Crippen molar-refractivity contribution in [2.45, 2.75) is 19.4 Å². The van der Waals surface area contributed by atoms with Crippen LogP contribution in [0.3, 0.4) is 0 Å². The van der Waals surface area contributed by atoms with Gasteiger partial charge in [0.05, 0.1) is 24.1 Å². The first-order valence-electron chi connectivity index (χ1n) is 4.84. The molecule has 1 atom stereocenters. The van der Waals surface area contributed by atoms with Gasteiger partial charge in [-0.05, 0) is 24.6 Å². The number of nitrogens with two attached hydrogens (primary N) is 1. The fourth-order valence-electron chi connectivity index (χ4n) is 1.29. The minimum absolute atomic E-state index is 0. The first-order valence-corrected chi connectivity index (χ1v) is 5.22. The molecule has 0 fully saturated rings. The van der Waals surface area contributed by atoms with E-state index in [4.69, 9.17) is 27.3 Å². The van der Waals surface area contributed by atoms with Gasteiger partial charge in [-0.15, -0.1) is 12.4 Å². The predicted octanol–water partition coefficient (Wildman–Crippen LogP) is 3.21. The highest BCUT2D eigenvalue weighted by Crippen LogP contribution is 2.31. The Labute approximate surface area is 111 Å². The summed E-state index contributed by atoms with van der Waals surface area (Å²) in [6.45, 7) is 2.07. The second kappa shape index (κ2) is 7.33. The van der Waals surface area contributed by atoms with Crippen LogP contribution in [-0.2, 0) is 0 Å². The average Bonchev–Trinajstić information content (AvgIpc) is 2.23. The lowest BCUT2D eigenvalue weighted by atomic mass is 10.1. The number of hydrogen-bond acceptors (Lipinski definition) is 3. The van der Waals surface area contributed by atoms with Gasteiger partial charge in [0.15, 0.2) is 11.6 Å². The zero-order valence-corrected chi connectivity index (χ0v) is 10.8. The Morgan fingerprint density at radius 2 is 2.24 bits per heavy atom. The molecule has 2 N–H and O–H groups in total. The van der Waals surface area contributed by atoms with Gasteiger partial charge >= 0.3 is 0 Å². The number of nitriles is 1. The minimum atomic E-state index is -0.558. The van der Waals surface area contributed by atoms with Crippen LogP contribution in [0.4, 0.5) is 4.39 Å². The summed E-state index contributed by atoms with van der Waals surface area (Å²) in [5, 5.41) is 8.67. The summed E-state index contributed by atoms with van der Waals surface area (Å²) in [5.74, 6) is -0.533. The van der Waals surface area contributed by atoms with E-state index in [1.54, 1.807) is 6.92 Å². The number of rotatable bonds is 4. The third kappa shape index (κ3) is 4.04. The summed E-state index contributed by atoms with van der Waals surface area (Å²) in [6, 6.07) is 4.16. The first-order chi connectivity index (χ1) is 7.60. The summed E-state index contributed by atoms with van der Waals surface area (Å²) >= 11 is 5.85. The molecule has 0 aliphatic rings. The van der Waals surface area contributed by atoms with E-state index in [2.05, 4.69) is 0 Å². The monoisotopic (exact) mass is 278 g/mol. The van der Waals surface area contributed by atoms with Crippen LogP contribution in [0, 0.1) is 17.1 Å². The SMILES string of the molecule is CCOc1c(F)cc([C@@H](N)CC#N)cc1Cl.Cl. The first kappa shape index (κ1) is 16.0. The molecule has 0 aliphatic heterocycles. The van der Waals surface area contributed by atoms with Crippen molar-refractivity contribution in [1.82, 2.24) is 0 Å². The maximum absolute atomic E-state index is 13.6. The maximum Gasteiger partial charge on any atom is 0.173 e. The molecule has 0 aliphatic carbocycles. The maximum atomic E-state index is 13.6.